The van der Waals surface area contributed by atoms with Crippen molar-refractivity contribution in [3.63, 3.8) is 0 Å². The van der Waals surface area contributed by atoms with Gasteiger partial charge in [0.15, 0.2) is 5.16 Å². The lowest BCUT2D eigenvalue weighted by Crippen LogP contribution is -2.38. The van der Waals surface area contributed by atoms with Crippen LogP contribution in [-0.4, -0.2) is 52.7 Å². The topological polar surface area (TPSA) is 72.3 Å². The Morgan fingerprint density at radius 1 is 1.20 bits per heavy atom. The number of anilines is 2. The van der Waals surface area contributed by atoms with Gasteiger partial charge >= 0.3 is 6.18 Å². The number of carbonyl (C=O) groups is 1. The quantitative estimate of drug-likeness (QED) is 0.661. The minimum Gasteiger partial charge on any atom is -0.378 e. The first kappa shape index (κ1) is 22.4. The highest BCUT2D eigenvalue weighted by molar-refractivity contribution is 7.99. The van der Waals surface area contributed by atoms with E-state index in [0.29, 0.717) is 36.5 Å². The smallest absolute Gasteiger partial charge is 0.378 e. The van der Waals surface area contributed by atoms with Gasteiger partial charge in [0.1, 0.15) is 0 Å². The van der Waals surface area contributed by atoms with Crippen molar-refractivity contribution in [3.05, 3.63) is 29.8 Å². The van der Waals surface area contributed by atoms with E-state index in [-0.39, 0.29) is 11.7 Å². The molecule has 0 spiro atoms. The van der Waals surface area contributed by atoms with Gasteiger partial charge < -0.3 is 15.0 Å². The van der Waals surface area contributed by atoms with Gasteiger partial charge in [-0.15, -0.1) is 10.2 Å². The van der Waals surface area contributed by atoms with Gasteiger partial charge in [0.2, 0.25) is 11.9 Å². The van der Waals surface area contributed by atoms with Crippen molar-refractivity contribution in [2.75, 3.05) is 42.3 Å². The highest BCUT2D eigenvalue weighted by atomic mass is 32.2. The van der Waals surface area contributed by atoms with Crippen LogP contribution >= 0.6 is 11.8 Å². The van der Waals surface area contributed by atoms with Gasteiger partial charge in [-0.2, -0.15) is 13.2 Å². The third-order valence-electron chi connectivity index (χ3n) is 4.37. The number of hydrogen-bond acceptors (Lipinski definition) is 6. The van der Waals surface area contributed by atoms with Crippen LogP contribution in [0.4, 0.5) is 24.8 Å². The zero-order chi connectivity index (χ0) is 21.7. The molecule has 0 saturated carbocycles. The van der Waals surface area contributed by atoms with Crippen molar-refractivity contribution < 1.29 is 22.7 Å². The van der Waals surface area contributed by atoms with Crippen molar-refractivity contribution in [3.8, 4) is 0 Å². The highest BCUT2D eigenvalue weighted by Crippen LogP contribution is 2.30. The van der Waals surface area contributed by atoms with E-state index in [1.54, 1.807) is 0 Å². The lowest BCUT2D eigenvalue weighted by molar-refractivity contribution is -0.137. The van der Waals surface area contributed by atoms with Gasteiger partial charge in [-0.05, 0) is 30.2 Å². The summed E-state index contributed by atoms with van der Waals surface area (Å²) >= 11 is 1.25. The Balaban J connectivity index is 1.63. The summed E-state index contributed by atoms with van der Waals surface area (Å²) < 4.78 is 45.3. The molecule has 0 atom stereocenters. The Morgan fingerprint density at radius 2 is 1.87 bits per heavy atom. The number of ether oxygens (including phenoxy) is 1. The summed E-state index contributed by atoms with van der Waals surface area (Å²) in [4.78, 5) is 14.4. The molecule has 1 amide bonds. The summed E-state index contributed by atoms with van der Waals surface area (Å²) in [5.41, 5.74) is -0.446. The average molecular weight is 443 g/mol. The van der Waals surface area contributed by atoms with Crippen molar-refractivity contribution in [2.24, 2.45) is 5.92 Å². The van der Waals surface area contributed by atoms with Crippen LogP contribution in [0.1, 0.15) is 19.4 Å². The molecule has 0 aliphatic carbocycles. The largest absolute Gasteiger partial charge is 0.416 e. The van der Waals surface area contributed by atoms with Gasteiger partial charge in [-0.1, -0.05) is 25.6 Å². The maximum absolute atomic E-state index is 12.6. The number of morpholine rings is 1. The number of thioether (sulfide) groups is 1. The fourth-order valence-corrected chi connectivity index (χ4v) is 3.72. The Hall–Kier alpha value is -2.27. The molecule has 1 fully saturated rings. The second-order valence-electron chi connectivity index (χ2n) is 7.30. The first-order valence-corrected chi connectivity index (χ1v) is 10.6. The molecule has 11 heteroatoms. The Morgan fingerprint density at radius 3 is 2.47 bits per heavy atom. The molecule has 0 unspecified atom stereocenters. The molecule has 1 N–H and O–H groups in total. The van der Waals surface area contributed by atoms with E-state index in [1.165, 1.54) is 23.9 Å². The Kier molecular flexibility index (Phi) is 7.24. The maximum atomic E-state index is 12.6. The molecule has 2 heterocycles. The molecule has 1 aromatic carbocycles. The van der Waals surface area contributed by atoms with Gasteiger partial charge in [0.05, 0.1) is 24.5 Å². The van der Waals surface area contributed by atoms with Crippen molar-refractivity contribution in [2.45, 2.75) is 31.7 Å². The average Bonchev–Trinajstić information content (AvgIpc) is 3.08. The predicted molar refractivity (Wildman–Crippen MR) is 109 cm³/mol. The van der Waals surface area contributed by atoms with E-state index in [1.807, 2.05) is 4.57 Å². The first-order chi connectivity index (χ1) is 14.2. The molecule has 7 nitrogen and oxygen atoms in total. The van der Waals surface area contributed by atoms with E-state index in [0.717, 1.165) is 31.2 Å². The molecule has 0 bridgehead atoms. The molecular formula is C19H24F3N5O2S. The minimum atomic E-state index is -4.41. The Bertz CT molecular complexity index is 849. The molecule has 1 aliphatic rings. The van der Waals surface area contributed by atoms with Gasteiger partial charge in [0.25, 0.3) is 0 Å². The van der Waals surface area contributed by atoms with E-state index in [4.69, 9.17) is 4.74 Å². The van der Waals surface area contributed by atoms with E-state index < -0.39 is 11.7 Å². The monoisotopic (exact) mass is 443 g/mol. The summed E-state index contributed by atoms with van der Waals surface area (Å²) in [6.45, 7) is 7.62. The number of rotatable bonds is 7. The van der Waals surface area contributed by atoms with Crippen LogP contribution in [0.25, 0.3) is 0 Å². The van der Waals surface area contributed by atoms with E-state index >= 15 is 0 Å². The molecule has 0 radical (unpaired) electrons. The second kappa shape index (κ2) is 9.69. The van der Waals surface area contributed by atoms with Gasteiger partial charge in [-0.25, -0.2) is 0 Å². The SMILES string of the molecule is CC(C)Cn1c(SCC(=O)Nc2ccc(C(F)(F)F)cc2)nnc1N1CCOCC1. The minimum absolute atomic E-state index is 0.0698. The zero-order valence-corrected chi connectivity index (χ0v) is 17.6. The number of halogens is 3. The number of hydrogen-bond donors (Lipinski definition) is 1. The van der Waals surface area contributed by atoms with Crippen LogP contribution < -0.4 is 10.2 Å². The lowest BCUT2D eigenvalue weighted by atomic mass is 10.2. The molecule has 164 valence electrons. The number of carbonyl (C=O) groups excluding carboxylic acids is 1. The highest BCUT2D eigenvalue weighted by Gasteiger charge is 2.30. The summed E-state index contributed by atoms with van der Waals surface area (Å²) in [6, 6.07) is 4.36. The molecular weight excluding hydrogens is 419 g/mol. The lowest BCUT2D eigenvalue weighted by Gasteiger charge is -2.28. The molecule has 1 saturated heterocycles. The number of benzene rings is 1. The van der Waals surface area contributed by atoms with Crippen LogP contribution in [0.3, 0.4) is 0 Å². The molecule has 3 rings (SSSR count). The van der Waals surface area contributed by atoms with Crippen molar-refractivity contribution >= 4 is 29.3 Å². The normalized spacial score (nSPS) is 14.9. The van der Waals surface area contributed by atoms with Crippen molar-refractivity contribution in [1.29, 1.82) is 0 Å². The molecule has 1 aromatic heterocycles. The third kappa shape index (κ3) is 5.88. The number of amides is 1. The number of aromatic nitrogens is 3. The summed E-state index contributed by atoms with van der Waals surface area (Å²) in [5, 5.41) is 11.8. The van der Waals surface area contributed by atoms with Crippen LogP contribution in [0.2, 0.25) is 0 Å². The fourth-order valence-electron chi connectivity index (χ4n) is 2.98. The zero-order valence-electron chi connectivity index (χ0n) is 16.8. The van der Waals surface area contributed by atoms with Crippen molar-refractivity contribution in [1.82, 2.24) is 14.8 Å². The second-order valence-corrected chi connectivity index (χ2v) is 8.24. The molecule has 30 heavy (non-hydrogen) atoms. The molecule has 2 aromatic rings. The van der Waals surface area contributed by atoms with Crippen LogP contribution in [0.15, 0.2) is 29.4 Å². The summed E-state index contributed by atoms with van der Waals surface area (Å²) in [5.74, 6) is 0.867. The third-order valence-corrected chi connectivity index (χ3v) is 5.33. The standard InChI is InChI=1S/C19H24F3N5O2S/c1-13(2)11-27-17(26-7-9-29-10-8-26)24-25-18(27)30-12-16(28)23-15-5-3-14(4-6-15)19(20,21)22/h3-6,13H,7-12H2,1-2H3,(H,23,28). The van der Waals surface area contributed by atoms with Gasteiger partial charge in [-0.3, -0.25) is 9.36 Å². The van der Waals surface area contributed by atoms with E-state index in [2.05, 4.69) is 34.3 Å². The van der Waals surface area contributed by atoms with Crippen LogP contribution in [0.5, 0.6) is 0 Å². The summed E-state index contributed by atoms with van der Waals surface area (Å²) in [7, 11) is 0. The fraction of sp³-hybridized carbons (Fsp3) is 0.526. The number of alkyl halides is 3. The summed E-state index contributed by atoms with van der Waals surface area (Å²) in [6.07, 6.45) is -4.41. The number of nitrogens with zero attached hydrogens (tertiary/aromatic N) is 4. The number of nitrogens with one attached hydrogen (secondary N) is 1. The first-order valence-electron chi connectivity index (χ1n) is 9.60. The Labute approximate surface area is 177 Å². The van der Waals surface area contributed by atoms with Gasteiger partial charge in [0, 0.05) is 25.3 Å². The van der Waals surface area contributed by atoms with Crippen LogP contribution in [-0.2, 0) is 22.3 Å². The van der Waals surface area contributed by atoms with Crippen LogP contribution in [0, 0.1) is 5.92 Å². The maximum Gasteiger partial charge on any atom is 0.416 e. The van der Waals surface area contributed by atoms with E-state index in [9.17, 15) is 18.0 Å². The molecule has 1 aliphatic heterocycles. The predicted octanol–water partition coefficient (Wildman–Crippen LogP) is 3.52.